The number of hydrogen-bond acceptors (Lipinski definition) is 6. The zero-order valence-electron chi connectivity index (χ0n) is 20.2. The molecule has 0 radical (unpaired) electrons. The lowest BCUT2D eigenvalue weighted by molar-refractivity contribution is 0.0985. The summed E-state index contributed by atoms with van der Waals surface area (Å²) in [6.07, 6.45) is 2.84. The van der Waals surface area contributed by atoms with Crippen molar-refractivity contribution in [1.82, 2.24) is 14.2 Å². The molecule has 7 nitrogen and oxygen atoms in total. The first-order valence-corrected chi connectivity index (χ1v) is 13.9. The summed E-state index contributed by atoms with van der Waals surface area (Å²) in [5.41, 5.74) is 3.61. The number of carbonyl (C=O) groups is 1. The van der Waals surface area contributed by atoms with E-state index in [0.717, 1.165) is 40.6 Å². The van der Waals surface area contributed by atoms with Crippen LogP contribution in [0.2, 0.25) is 0 Å². The van der Waals surface area contributed by atoms with Crippen LogP contribution in [-0.2, 0) is 10.0 Å². The third-order valence-electron chi connectivity index (χ3n) is 6.12. The molecule has 0 spiro atoms. The predicted molar refractivity (Wildman–Crippen MR) is 138 cm³/mol. The number of benzene rings is 2. The second kappa shape index (κ2) is 10.1. The normalized spacial score (nSPS) is 15.2. The molecule has 34 heavy (non-hydrogen) atoms. The summed E-state index contributed by atoms with van der Waals surface area (Å²) in [7, 11) is 0.401. The third-order valence-corrected chi connectivity index (χ3v) is 9.06. The van der Waals surface area contributed by atoms with E-state index in [1.807, 2.05) is 25.9 Å². The zero-order valence-corrected chi connectivity index (χ0v) is 21.9. The highest BCUT2D eigenvalue weighted by molar-refractivity contribution is 7.89. The third kappa shape index (κ3) is 5.17. The van der Waals surface area contributed by atoms with Crippen molar-refractivity contribution >= 4 is 42.6 Å². The Balaban J connectivity index is 1.63. The number of aromatic nitrogens is 1. The Morgan fingerprint density at radius 1 is 1.03 bits per heavy atom. The molecule has 0 saturated carbocycles. The minimum absolute atomic E-state index is 0.183. The maximum Gasteiger partial charge on any atom is 0.260 e. The van der Waals surface area contributed by atoms with Gasteiger partial charge >= 0.3 is 0 Å². The first-order chi connectivity index (χ1) is 16.2. The van der Waals surface area contributed by atoms with Crippen LogP contribution in [0.5, 0.6) is 0 Å². The molecule has 2 heterocycles. The topological polar surface area (TPSA) is 73.8 Å². The van der Waals surface area contributed by atoms with Gasteiger partial charge in [0.25, 0.3) is 5.91 Å². The maximum absolute atomic E-state index is 13.6. The fourth-order valence-corrected chi connectivity index (χ4v) is 6.92. The molecule has 2 aromatic carbocycles. The molecule has 1 aromatic heterocycles. The minimum Gasteiger partial charge on any atom is -0.308 e. The number of amides is 1. The number of thiazole rings is 1. The number of piperidine rings is 1. The Hall–Kier alpha value is -2.33. The van der Waals surface area contributed by atoms with Crippen molar-refractivity contribution in [2.45, 2.75) is 38.0 Å². The molecule has 9 heteroatoms. The largest absolute Gasteiger partial charge is 0.308 e. The zero-order chi connectivity index (χ0) is 24.5. The van der Waals surface area contributed by atoms with Crippen LogP contribution >= 0.6 is 11.3 Å². The van der Waals surface area contributed by atoms with Gasteiger partial charge in [-0.05, 0) is 82.2 Å². The molecule has 0 unspecified atom stereocenters. The van der Waals surface area contributed by atoms with Crippen LogP contribution < -0.4 is 4.90 Å². The predicted octanol–water partition coefficient (Wildman–Crippen LogP) is 4.30. The number of sulfonamides is 1. The van der Waals surface area contributed by atoms with E-state index in [9.17, 15) is 13.2 Å². The molecule has 1 fully saturated rings. The van der Waals surface area contributed by atoms with Gasteiger partial charge in [0, 0.05) is 31.7 Å². The summed E-state index contributed by atoms with van der Waals surface area (Å²) >= 11 is 1.51. The molecular weight excluding hydrogens is 468 g/mol. The molecule has 0 atom stereocenters. The second-order valence-electron chi connectivity index (χ2n) is 9.17. The van der Waals surface area contributed by atoms with Crippen molar-refractivity contribution in [3.8, 4) is 0 Å². The van der Waals surface area contributed by atoms with E-state index in [1.54, 1.807) is 33.5 Å². The van der Waals surface area contributed by atoms with Crippen molar-refractivity contribution in [2.75, 3.05) is 45.2 Å². The van der Waals surface area contributed by atoms with Gasteiger partial charge in [-0.25, -0.2) is 13.4 Å². The maximum atomic E-state index is 13.6. The van der Waals surface area contributed by atoms with Gasteiger partial charge in [-0.3, -0.25) is 9.69 Å². The SMILES string of the molecule is Cc1cc(C)c2nc(N(CCN(C)C)C(=O)c3ccc(S(=O)(=O)N4CCCCC4)cc3)sc2c1. The Morgan fingerprint density at radius 2 is 1.71 bits per heavy atom. The second-order valence-corrected chi connectivity index (χ2v) is 12.1. The van der Waals surface area contributed by atoms with Gasteiger partial charge in [0.15, 0.2) is 5.13 Å². The quantitative estimate of drug-likeness (QED) is 0.484. The van der Waals surface area contributed by atoms with Crippen molar-refractivity contribution in [1.29, 1.82) is 0 Å². The van der Waals surface area contributed by atoms with E-state index < -0.39 is 10.0 Å². The van der Waals surface area contributed by atoms with Crippen LogP contribution in [0.1, 0.15) is 40.7 Å². The Morgan fingerprint density at radius 3 is 2.35 bits per heavy atom. The molecule has 4 rings (SSSR count). The molecule has 1 amide bonds. The number of likely N-dealkylation sites (N-methyl/N-ethyl adjacent to an activating group) is 1. The van der Waals surface area contributed by atoms with Crippen molar-refractivity contribution < 1.29 is 13.2 Å². The van der Waals surface area contributed by atoms with Crippen LogP contribution in [0.4, 0.5) is 5.13 Å². The first kappa shape index (κ1) is 24.8. The Kier molecular flexibility index (Phi) is 7.37. The molecule has 1 aliphatic heterocycles. The van der Waals surface area contributed by atoms with Crippen LogP contribution in [-0.4, -0.2) is 68.8 Å². The lowest BCUT2D eigenvalue weighted by atomic mass is 10.1. The molecule has 0 N–H and O–H groups in total. The number of anilines is 1. The van der Waals surface area contributed by atoms with Crippen molar-refractivity contribution in [3.63, 3.8) is 0 Å². The summed E-state index contributed by atoms with van der Waals surface area (Å²) in [5.74, 6) is -0.183. The lowest BCUT2D eigenvalue weighted by Crippen LogP contribution is -2.37. The first-order valence-electron chi connectivity index (χ1n) is 11.6. The van der Waals surface area contributed by atoms with Gasteiger partial charge in [-0.1, -0.05) is 23.8 Å². The van der Waals surface area contributed by atoms with Crippen LogP contribution in [0.15, 0.2) is 41.3 Å². The number of fused-ring (bicyclic) bond motifs is 1. The van der Waals surface area contributed by atoms with Gasteiger partial charge < -0.3 is 4.90 Å². The van der Waals surface area contributed by atoms with Gasteiger partial charge in [-0.2, -0.15) is 4.31 Å². The summed E-state index contributed by atoms with van der Waals surface area (Å²) < 4.78 is 28.6. The summed E-state index contributed by atoms with van der Waals surface area (Å²) in [5, 5.41) is 0.653. The van der Waals surface area contributed by atoms with E-state index in [4.69, 9.17) is 4.98 Å². The van der Waals surface area contributed by atoms with Crippen LogP contribution in [0.25, 0.3) is 10.2 Å². The minimum atomic E-state index is -3.53. The number of aryl methyl sites for hydroxylation is 2. The van der Waals surface area contributed by atoms with Gasteiger partial charge in [-0.15, -0.1) is 0 Å². The summed E-state index contributed by atoms with van der Waals surface area (Å²) in [6.45, 7) is 6.36. The molecule has 1 aliphatic rings. The van der Waals surface area contributed by atoms with Gasteiger partial charge in [0.2, 0.25) is 10.0 Å². The van der Waals surface area contributed by atoms with E-state index in [1.165, 1.54) is 11.3 Å². The number of carbonyl (C=O) groups excluding carboxylic acids is 1. The van der Waals surface area contributed by atoms with Crippen LogP contribution in [0.3, 0.4) is 0 Å². The van der Waals surface area contributed by atoms with E-state index in [-0.39, 0.29) is 10.8 Å². The Labute approximate surface area is 206 Å². The smallest absolute Gasteiger partial charge is 0.260 e. The summed E-state index contributed by atoms with van der Waals surface area (Å²) in [6, 6.07) is 10.5. The number of rotatable bonds is 7. The van der Waals surface area contributed by atoms with Gasteiger partial charge in [0.05, 0.1) is 15.1 Å². The Bertz CT molecular complexity index is 1280. The molecule has 3 aromatic rings. The van der Waals surface area contributed by atoms with Crippen molar-refractivity contribution in [3.05, 3.63) is 53.1 Å². The lowest BCUT2D eigenvalue weighted by Gasteiger charge is -2.26. The van der Waals surface area contributed by atoms with Crippen LogP contribution in [0, 0.1) is 13.8 Å². The van der Waals surface area contributed by atoms with Crippen molar-refractivity contribution in [2.24, 2.45) is 0 Å². The fraction of sp³-hybridized carbons (Fsp3) is 0.440. The van der Waals surface area contributed by atoms with E-state index >= 15 is 0 Å². The highest BCUT2D eigenvalue weighted by Gasteiger charge is 2.27. The molecule has 0 aliphatic carbocycles. The average molecular weight is 501 g/mol. The molecule has 182 valence electrons. The average Bonchev–Trinajstić information content (AvgIpc) is 3.23. The number of hydrogen-bond donors (Lipinski definition) is 0. The highest BCUT2D eigenvalue weighted by atomic mass is 32.2. The summed E-state index contributed by atoms with van der Waals surface area (Å²) in [4.78, 5) is 22.3. The molecular formula is C25H32N4O3S2. The van der Waals surface area contributed by atoms with Gasteiger partial charge in [0.1, 0.15) is 0 Å². The number of nitrogens with zero attached hydrogens (tertiary/aromatic N) is 4. The molecule has 1 saturated heterocycles. The van der Waals surface area contributed by atoms with E-state index in [0.29, 0.717) is 36.9 Å². The monoisotopic (exact) mass is 500 g/mol. The molecule has 0 bridgehead atoms. The standard InChI is InChI=1S/C25H32N4O3S2/c1-18-16-19(2)23-22(17-18)33-25(26-23)29(15-14-27(3)4)24(30)20-8-10-21(11-9-20)34(31,32)28-12-6-5-7-13-28/h8-11,16-17H,5-7,12-15H2,1-4H3. The fourth-order valence-electron chi connectivity index (χ4n) is 4.24. The van der Waals surface area contributed by atoms with E-state index in [2.05, 4.69) is 19.1 Å². The highest BCUT2D eigenvalue weighted by Crippen LogP contribution is 2.32.